The Kier molecular flexibility index (Phi) is 9.40. The zero-order chi connectivity index (χ0) is 13.9. The molecule has 0 fully saturated rings. The van der Waals surface area contributed by atoms with Gasteiger partial charge < -0.3 is 5.32 Å². The van der Waals surface area contributed by atoms with Gasteiger partial charge in [0.05, 0.1) is 0 Å². The van der Waals surface area contributed by atoms with Crippen LogP contribution in [0, 0.1) is 0 Å². The fraction of sp³-hybridized carbons (Fsp3) is 0.625. The van der Waals surface area contributed by atoms with E-state index in [4.69, 9.17) is 11.6 Å². The number of benzene rings is 1. The lowest BCUT2D eigenvalue weighted by molar-refractivity contribution is 0.502. The third-order valence-corrected chi connectivity index (χ3v) is 4.44. The van der Waals surface area contributed by atoms with E-state index in [9.17, 15) is 0 Å². The second-order valence-corrected chi connectivity index (χ2v) is 6.57. The molecule has 1 unspecified atom stereocenters. The van der Waals surface area contributed by atoms with Crippen LogP contribution in [-0.2, 0) is 5.75 Å². The minimum Gasteiger partial charge on any atom is -0.313 e. The molecule has 0 aliphatic carbocycles. The normalized spacial score (nSPS) is 12.6. The quantitative estimate of drug-likeness (QED) is 0.601. The lowest BCUT2D eigenvalue weighted by Gasteiger charge is -2.13. The molecule has 0 bridgehead atoms. The van der Waals surface area contributed by atoms with E-state index >= 15 is 0 Å². The molecular weight excluding hydrogens is 274 g/mol. The maximum absolute atomic E-state index is 5.87. The predicted molar refractivity (Wildman–Crippen MR) is 89.2 cm³/mol. The number of rotatable bonds is 10. The average Bonchev–Trinajstić information content (AvgIpc) is 2.41. The molecule has 1 nitrogen and oxygen atoms in total. The Labute approximate surface area is 127 Å². The van der Waals surface area contributed by atoms with Gasteiger partial charge in [0.25, 0.3) is 0 Å². The van der Waals surface area contributed by atoms with Crippen molar-refractivity contribution >= 4 is 23.4 Å². The van der Waals surface area contributed by atoms with Crippen LogP contribution in [0.2, 0.25) is 5.02 Å². The first-order valence-corrected chi connectivity index (χ1v) is 8.81. The molecule has 0 aromatic heterocycles. The fourth-order valence-electron chi connectivity index (χ4n) is 1.95. The summed E-state index contributed by atoms with van der Waals surface area (Å²) in [5, 5.41) is 4.41. The van der Waals surface area contributed by atoms with Gasteiger partial charge in [0, 0.05) is 29.1 Å². The molecule has 1 rings (SSSR count). The van der Waals surface area contributed by atoms with Gasteiger partial charge in [-0.25, -0.2) is 0 Å². The van der Waals surface area contributed by atoms with Gasteiger partial charge in [-0.05, 0) is 31.0 Å². The molecule has 0 radical (unpaired) electrons. The first-order valence-electron chi connectivity index (χ1n) is 7.28. The van der Waals surface area contributed by atoms with E-state index in [0.29, 0.717) is 6.04 Å². The van der Waals surface area contributed by atoms with E-state index in [0.717, 1.165) is 17.3 Å². The van der Waals surface area contributed by atoms with Gasteiger partial charge >= 0.3 is 0 Å². The maximum Gasteiger partial charge on any atom is 0.0406 e. The summed E-state index contributed by atoms with van der Waals surface area (Å²) in [5.74, 6) is 2.24. The molecular formula is C16H26ClNS. The third-order valence-electron chi connectivity index (χ3n) is 3.16. The lowest BCUT2D eigenvalue weighted by Crippen LogP contribution is -2.28. The molecule has 1 aromatic carbocycles. The third kappa shape index (κ3) is 8.56. The van der Waals surface area contributed by atoms with Gasteiger partial charge in [-0.2, -0.15) is 11.8 Å². The van der Waals surface area contributed by atoms with Gasteiger partial charge in [-0.1, -0.05) is 49.9 Å². The second kappa shape index (κ2) is 10.6. The molecule has 19 heavy (non-hydrogen) atoms. The van der Waals surface area contributed by atoms with Crippen molar-refractivity contribution < 1.29 is 0 Å². The highest BCUT2D eigenvalue weighted by molar-refractivity contribution is 7.98. The van der Waals surface area contributed by atoms with Crippen molar-refractivity contribution in [3.05, 3.63) is 34.9 Å². The standard InChI is InChI=1S/C16H26ClNS/c1-3-4-5-6-14(2)18-11-12-19-13-15-7-9-16(17)10-8-15/h7-10,14,18H,3-6,11-13H2,1-2H3. The SMILES string of the molecule is CCCCCC(C)NCCSCc1ccc(Cl)cc1. The Morgan fingerprint density at radius 3 is 2.63 bits per heavy atom. The summed E-state index contributed by atoms with van der Waals surface area (Å²) in [4.78, 5) is 0. The van der Waals surface area contributed by atoms with Gasteiger partial charge in [0.1, 0.15) is 0 Å². The molecule has 0 saturated carbocycles. The van der Waals surface area contributed by atoms with Crippen LogP contribution < -0.4 is 5.32 Å². The predicted octanol–water partition coefficient (Wildman–Crippen LogP) is 5.13. The second-order valence-electron chi connectivity index (χ2n) is 5.03. The Balaban J connectivity index is 2.00. The molecule has 0 spiro atoms. The Morgan fingerprint density at radius 1 is 1.21 bits per heavy atom. The first-order chi connectivity index (χ1) is 9.22. The number of hydrogen-bond donors (Lipinski definition) is 1. The number of unbranched alkanes of at least 4 members (excludes halogenated alkanes) is 2. The summed E-state index contributed by atoms with van der Waals surface area (Å²) >= 11 is 7.84. The van der Waals surface area contributed by atoms with Gasteiger partial charge in [-0.15, -0.1) is 0 Å². The van der Waals surface area contributed by atoms with Crippen molar-refractivity contribution in [3.63, 3.8) is 0 Å². The fourth-order valence-corrected chi connectivity index (χ4v) is 2.91. The van der Waals surface area contributed by atoms with Gasteiger partial charge in [-0.3, -0.25) is 0 Å². The monoisotopic (exact) mass is 299 g/mol. The molecule has 1 aromatic rings. The molecule has 108 valence electrons. The first kappa shape index (κ1) is 16.9. The Bertz CT molecular complexity index is 326. The van der Waals surface area contributed by atoms with E-state index in [1.165, 1.54) is 37.0 Å². The van der Waals surface area contributed by atoms with Crippen molar-refractivity contribution in [1.29, 1.82) is 0 Å². The van der Waals surface area contributed by atoms with Crippen LogP contribution in [0.5, 0.6) is 0 Å². The minimum atomic E-state index is 0.655. The van der Waals surface area contributed by atoms with E-state index in [1.54, 1.807) is 0 Å². The van der Waals surface area contributed by atoms with E-state index in [2.05, 4.69) is 31.3 Å². The van der Waals surface area contributed by atoms with Crippen LogP contribution in [0.15, 0.2) is 24.3 Å². The summed E-state index contributed by atoms with van der Waals surface area (Å²) in [5.41, 5.74) is 1.35. The van der Waals surface area contributed by atoms with Crippen molar-refractivity contribution in [2.75, 3.05) is 12.3 Å². The largest absolute Gasteiger partial charge is 0.313 e. The van der Waals surface area contributed by atoms with Crippen LogP contribution in [0.1, 0.15) is 45.1 Å². The summed E-state index contributed by atoms with van der Waals surface area (Å²) in [7, 11) is 0. The molecule has 0 amide bonds. The molecule has 3 heteroatoms. The van der Waals surface area contributed by atoms with E-state index < -0.39 is 0 Å². The minimum absolute atomic E-state index is 0.655. The summed E-state index contributed by atoms with van der Waals surface area (Å²) < 4.78 is 0. The van der Waals surface area contributed by atoms with Crippen LogP contribution >= 0.6 is 23.4 Å². The van der Waals surface area contributed by atoms with Gasteiger partial charge in [0.15, 0.2) is 0 Å². The molecule has 1 atom stereocenters. The smallest absolute Gasteiger partial charge is 0.0406 e. The Morgan fingerprint density at radius 2 is 1.95 bits per heavy atom. The van der Waals surface area contributed by atoms with E-state index in [-0.39, 0.29) is 0 Å². The van der Waals surface area contributed by atoms with Gasteiger partial charge in [0.2, 0.25) is 0 Å². The van der Waals surface area contributed by atoms with Crippen molar-refractivity contribution in [1.82, 2.24) is 5.32 Å². The van der Waals surface area contributed by atoms with Crippen LogP contribution in [-0.4, -0.2) is 18.3 Å². The number of hydrogen-bond acceptors (Lipinski definition) is 2. The van der Waals surface area contributed by atoms with Crippen molar-refractivity contribution in [2.24, 2.45) is 0 Å². The maximum atomic E-state index is 5.87. The number of halogens is 1. The topological polar surface area (TPSA) is 12.0 Å². The van der Waals surface area contributed by atoms with Crippen molar-refractivity contribution in [2.45, 2.75) is 51.3 Å². The lowest BCUT2D eigenvalue weighted by atomic mass is 10.1. The van der Waals surface area contributed by atoms with Crippen LogP contribution in [0.3, 0.4) is 0 Å². The summed E-state index contributed by atoms with van der Waals surface area (Å²) in [6, 6.07) is 8.80. The zero-order valence-corrected chi connectivity index (χ0v) is 13.7. The molecule has 0 aliphatic rings. The average molecular weight is 300 g/mol. The summed E-state index contributed by atoms with van der Waals surface area (Å²) in [6.07, 6.45) is 5.32. The molecule has 0 aliphatic heterocycles. The van der Waals surface area contributed by atoms with Crippen LogP contribution in [0.25, 0.3) is 0 Å². The zero-order valence-electron chi connectivity index (χ0n) is 12.1. The highest BCUT2D eigenvalue weighted by Crippen LogP contribution is 2.15. The molecule has 0 saturated heterocycles. The highest BCUT2D eigenvalue weighted by Gasteiger charge is 2.00. The highest BCUT2D eigenvalue weighted by atomic mass is 35.5. The van der Waals surface area contributed by atoms with Crippen molar-refractivity contribution in [3.8, 4) is 0 Å². The van der Waals surface area contributed by atoms with E-state index in [1.807, 2.05) is 23.9 Å². The number of thioether (sulfide) groups is 1. The Hall–Kier alpha value is -0.180. The van der Waals surface area contributed by atoms with Crippen LogP contribution in [0.4, 0.5) is 0 Å². The molecule has 0 heterocycles. The molecule has 1 N–H and O–H groups in total. The number of nitrogens with one attached hydrogen (secondary N) is 1. The summed E-state index contributed by atoms with van der Waals surface area (Å²) in [6.45, 7) is 5.65.